The summed E-state index contributed by atoms with van der Waals surface area (Å²) in [5.74, 6) is -0.596. The molecule has 2 atom stereocenters. The summed E-state index contributed by atoms with van der Waals surface area (Å²) in [6.07, 6.45) is 2.92. The van der Waals surface area contributed by atoms with Crippen LogP contribution in [0.4, 0.5) is 15.8 Å². The lowest BCUT2D eigenvalue weighted by Gasteiger charge is -2.28. The lowest BCUT2D eigenvalue weighted by Crippen LogP contribution is -2.32. The molecule has 1 aromatic rings. The maximum Gasteiger partial charge on any atom is 0.229 e. The Morgan fingerprint density at radius 3 is 2.80 bits per heavy atom. The van der Waals surface area contributed by atoms with Crippen LogP contribution >= 0.6 is 0 Å². The summed E-state index contributed by atoms with van der Waals surface area (Å²) in [5.41, 5.74) is 0.647. The van der Waals surface area contributed by atoms with Gasteiger partial charge in [-0.25, -0.2) is 12.8 Å². The van der Waals surface area contributed by atoms with Gasteiger partial charge in [0.1, 0.15) is 5.82 Å². The van der Waals surface area contributed by atoms with Crippen molar-refractivity contribution in [3.63, 3.8) is 0 Å². The van der Waals surface area contributed by atoms with Crippen molar-refractivity contribution in [1.29, 1.82) is 0 Å². The molecule has 1 aromatic carbocycles. The van der Waals surface area contributed by atoms with E-state index >= 15 is 0 Å². The number of nitrogens with one attached hydrogen (secondary N) is 2. The number of anilines is 2. The zero-order valence-corrected chi connectivity index (χ0v) is 12.3. The molecule has 112 valence electrons. The SMILES string of the molecule is CC1CC(Nc2ccc(F)c(NS(C)(=O)=O)c2)CCO1. The molecule has 20 heavy (non-hydrogen) atoms. The molecular weight excluding hydrogens is 283 g/mol. The summed E-state index contributed by atoms with van der Waals surface area (Å²) < 4.78 is 43.6. The molecule has 2 unspecified atom stereocenters. The van der Waals surface area contributed by atoms with E-state index in [0.29, 0.717) is 12.3 Å². The third kappa shape index (κ3) is 4.35. The van der Waals surface area contributed by atoms with Crippen LogP contribution in [0.1, 0.15) is 19.8 Å². The topological polar surface area (TPSA) is 67.4 Å². The second-order valence-electron chi connectivity index (χ2n) is 5.12. The lowest BCUT2D eigenvalue weighted by molar-refractivity contribution is 0.0232. The van der Waals surface area contributed by atoms with Gasteiger partial charge in [0.2, 0.25) is 10.0 Å². The second kappa shape index (κ2) is 5.97. The van der Waals surface area contributed by atoms with Crippen LogP contribution in [0.25, 0.3) is 0 Å². The average Bonchev–Trinajstić information content (AvgIpc) is 2.32. The maximum atomic E-state index is 13.6. The Kier molecular flexibility index (Phi) is 4.49. The van der Waals surface area contributed by atoms with Crippen molar-refractivity contribution in [2.75, 3.05) is 22.9 Å². The Morgan fingerprint density at radius 1 is 1.40 bits per heavy atom. The Hall–Kier alpha value is -1.34. The van der Waals surface area contributed by atoms with Gasteiger partial charge in [-0.05, 0) is 38.0 Å². The molecule has 7 heteroatoms. The van der Waals surface area contributed by atoms with Gasteiger partial charge >= 0.3 is 0 Å². The minimum Gasteiger partial charge on any atom is -0.382 e. The number of hydrogen-bond acceptors (Lipinski definition) is 4. The molecule has 0 saturated carbocycles. The quantitative estimate of drug-likeness (QED) is 0.894. The number of hydrogen-bond donors (Lipinski definition) is 2. The van der Waals surface area contributed by atoms with Crippen molar-refractivity contribution in [2.24, 2.45) is 0 Å². The highest BCUT2D eigenvalue weighted by Gasteiger charge is 2.19. The fraction of sp³-hybridized carbons (Fsp3) is 0.538. The van der Waals surface area contributed by atoms with Crippen molar-refractivity contribution in [3.8, 4) is 0 Å². The number of sulfonamides is 1. The molecule has 0 spiro atoms. The Morgan fingerprint density at radius 2 is 2.15 bits per heavy atom. The fourth-order valence-corrected chi connectivity index (χ4v) is 2.81. The van der Waals surface area contributed by atoms with E-state index in [1.807, 2.05) is 6.92 Å². The molecule has 0 aliphatic carbocycles. The van der Waals surface area contributed by atoms with Crippen LogP contribution in [0, 0.1) is 5.82 Å². The summed E-state index contributed by atoms with van der Waals surface area (Å²) in [5, 5.41) is 3.28. The smallest absolute Gasteiger partial charge is 0.229 e. The van der Waals surface area contributed by atoms with Gasteiger partial charge < -0.3 is 10.1 Å². The third-order valence-corrected chi connectivity index (χ3v) is 3.71. The van der Waals surface area contributed by atoms with Crippen molar-refractivity contribution >= 4 is 21.4 Å². The molecule has 2 rings (SSSR count). The van der Waals surface area contributed by atoms with Crippen LogP contribution in [0.15, 0.2) is 18.2 Å². The van der Waals surface area contributed by atoms with Crippen LogP contribution in [0.5, 0.6) is 0 Å². The van der Waals surface area contributed by atoms with Gasteiger partial charge in [0.05, 0.1) is 18.0 Å². The monoisotopic (exact) mass is 302 g/mol. The maximum absolute atomic E-state index is 13.6. The van der Waals surface area contributed by atoms with Crippen LogP contribution < -0.4 is 10.0 Å². The Balaban J connectivity index is 2.10. The summed E-state index contributed by atoms with van der Waals surface area (Å²) in [6, 6.07) is 4.56. The summed E-state index contributed by atoms with van der Waals surface area (Å²) >= 11 is 0. The Bertz CT molecular complexity index is 577. The molecule has 0 radical (unpaired) electrons. The summed E-state index contributed by atoms with van der Waals surface area (Å²) in [4.78, 5) is 0. The summed E-state index contributed by atoms with van der Waals surface area (Å²) in [6.45, 7) is 2.70. The molecule has 2 N–H and O–H groups in total. The van der Waals surface area contributed by atoms with E-state index in [2.05, 4.69) is 10.0 Å². The molecule has 1 saturated heterocycles. The average molecular weight is 302 g/mol. The van der Waals surface area contributed by atoms with Gasteiger partial charge in [-0.3, -0.25) is 4.72 Å². The van der Waals surface area contributed by atoms with E-state index in [1.165, 1.54) is 12.1 Å². The van der Waals surface area contributed by atoms with E-state index in [9.17, 15) is 12.8 Å². The first-order chi connectivity index (χ1) is 9.33. The van der Waals surface area contributed by atoms with E-state index in [1.54, 1.807) is 6.07 Å². The standard InChI is InChI=1S/C13H19FN2O3S/c1-9-7-11(5-6-19-9)15-10-3-4-12(14)13(8-10)16-20(2,17)18/h3-4,8-9,11,15-16H,5-7H2,1-2H3. The first-order valence-electron chi connectivity index (χ1n) is 6.49. The normalized spacial score (nSPS) is 23.4. The second-order valence-corrected chi connectivity index (χ2v) is 6.86. The van der Waals surface area contributed by atoms with Crippen LogP contribution in [-0.4, -0.2) is 33.4 Å². The highest BCUT2D eigenvalue weighted by Crippen LogP contribution is 2.23. The Labute approximate surface area is 118 Å². The van der Waals surface area contributed by atoms with Gasteiger partial charge in [-0.1, -0.05) is 0 Å². The molecule has 1 aliphatic heterocycles. The molecule has 0 aromatic heterocycles. The van der Waals surface area contributed by atoms with Crippen molar-refractivity contribution in [1.82, 2.24) is 0 Å². The van der Waals surface area contributed by atoms with E-state index < -0.39 is 15.8 Å². The summed E-state index contributed by atoms with van der Waals surface area (Å²) in [7, 11) is -3.50. The minimum atomic E-state index is -3.50. The van der Waals surface area contributed by atoms with Gasteiger partial charge in [-0.15, -0.1) is 0 Å². The predicted octanol–water partition coefficient (Wildman–Crippen LogP) is 2.18. The van der Waals surface area contributed by atoms with Crippen LogP contribution in [-0.2, 0) is 14.8 Å². The van der Waals surface area contributed by atoms with Crippen molar-refractivity contribution < 1.29 is 17.5 Å². The zero-order chi connectivity index (χ0) is 14.8. The number of ether oxygens (including phenoxy) is 1. The van der Waals surface area contributed by atoms with Gasteiger partial charge in [-0.2, -0.15) is 0 Å². The van der Waals surface area contributed by atoms with Crippen molar-refractivity contribution in [3.05, 3.63) is 24.0 Å². The number of rotatable bonds is 4. The molecule has 1 aliphatic rings. The molecule has 5 nitrogen and oxygen atoms in total. The van der Waals surface area contributed by atoms with E-state index in [0.717, 1.165) is 19.1 Å². The van der Waals surface area contributed by atoms with Gasteiger partial charge in [0, 0.05) is 18.3 Å². The molecule has 0 bridgehead atoms. The van der Waals surface area contributed by atoms with E-state index in [4.69, 9.17) is 4.74 Å². The minimum absolute atomic E-state index is 0.0439. The largest absolute Gasteiger partial charge is 0.382 e. The molecular formula is C13H19FN2O3S. The predicted molar refractivity (Wildman–Crippen MR) is 76.9 cm³/mol. The lowest BCUT2D eigenvalue weighted by atomic mass is 10.0. The first kappa shape index (κ1) is 15.1. The molecule has 0 amide bonds. The van der Waals surface area contributed by atoms with Gasteiger partial charge in [0.25, 0.3) is 0 Å². The van der Waals surface area contributed by atoms with E-state index in [-0.39, 0.29) is 17.8 Å². The number of halogens is 1. The molecule has 1 fully saturated rings. The first-order valence-corrected chi connectivity index (χ1v) is 8.38. The van der Waals surface area contributed by atoms with Crippen LogP contribution in [0.2, 0.25) is 0 Å². The fourth-order valence-electron chi connectivity index (χ4n) is 2.26. The highest BCUT2D eigenvalue weighted by atomic mass is 32.2. The van der Waals surface area contributed by atoms with Gasteiger partial charge in [0.15, 0.2) is 0 Å². The third-order valence-electron chi connectivity index (χ3n) is 3.12. The number of benzene rings is 1. The molecule has 1 heterocycles. The van der Waals surface area contributed by atoms with Crippen molar-refractivity contribution in [2.45, 2.75) is 31.9 Å². The highest BCUT2D eigenvalue weighted by molar-refractivity contribution is 7.92. The van der Waals surface area contributed by atoms with Crippen LogP contribution in [0.3, 0.4) is 0 Å². The zero-order valence-electron chi connectivity index (χ0n) is 11.5.